The number of para-hydroxylation sites is 1. The molecule has 0 spiro atoms. The van der Waals surface area contributed by atoms with Gasteiger partial charge in [-0.1, -0.05) is 18.2 Å². The van der Waals surface area contributed by atoms with Crippen molar-refractivity contribution in [1.29, 1.82) is 5.39 Å². The number of benzene rings is 2. The van der Waals surface area contributed by atoms with Gasteiger partial charge in [-0.3, -0.25) is 0 Å². The molecule has 1 N–H and O–H groups in total. The first-order valence-corrected chi connectivity index (χ1v) is 5.77. The largest absolute Gasteiger partial charge is 1.00 e. The molecule has 2 aromatic rings. The maximum atomic E-state index is 8.85. The Hall–Kier alpha value is -2.25. The minimum atomic E-state index is 0. The molecule has 0 heterocycles. The maximum Gasteiger partial charge on any atom is 0.426 e. The average molecular weight is 276 g/mol. The van der Waals surface area contributed by atoms with Gasteiger partial charge in [-0.2, -0.15) is 0 Å². The van der Waals surface area contributed by atoms with E-state index in [0.717, 1.165) is 11.4 Å². The zero-order chi connectivity index (χ0) is 12.8. The summed E-state index contributed by atoms with van der Waals surface area (Å²) in [5.41, 5.74) is 2.31. The number of nitrogens with zero attached hydrogens (tertiary/aromatic N) is 2. The summed E-state index contributed by atoms with van der Waals surface area (Å²) in [6.07, 6.45) is 0. The molecule has 0 radical (unpaired) electrons. The lowest BCUT2D eigenvalue weighted by Crippen LogP contribution is -3.00. The van der Waals surface area contributed by atoms with E-state index in [1.165, 1.54) is 0 Å². The Morgan fingerprint density at radius 2 is 1.84 bits per heavy atom. The molecule has 2 rings (SSSR count). The van der Waals surface area contributed by atoms with Gasteiger partial charge in [-0.25, -0.2) is 0 Å². The van der Waals surface area contributed by atoms with E-state index in [4.69, 9.17) is 10.1 Å². The SMILES string of the molecule is CCOc1cc(Nc2ccccc2)ccc1[N+]#N.[Cl-]. The van der Waals surface area contributed by atoms with Crippen LogP contribution in [0.15, 0.2) is 48.5 Å². The van der Waals surface area contributed by atoms with Crippen LogP contribution in [-0.2, 0) is 0 Å². The molecule has 0 aromatic heterocycles. The molecule has 5 heteroatoms. The molecular weight excluding hydrogens is 262 g/mol. The zero-order valence-corrected chi connectivity index (χ0v) is 11.3. The zero-order valence-electron chi connectivity index (χ0n) is 10.5. The Kier molecular flexibility index (Phi) is 5.65. The Labute approximate surface area is 118 Å². The van der Waals surface area contributed by atoms with Crippen molar-refractivity contribution in [3.05, 3.63) is 53.5 Å². The molecule has 4 nitrogen and oxygen atoms in total. The predicted molar refractivity (Wildman–Crippen MR) is 72.1 cm³/mol. The van der Waals surface area contributed by atoms with Gasteiger partial charge >= 0.3 is 5.69 Å². The highest BCUT2D eigenvalue weighted by atomic mass is 35.5. The third-order valence-electron chi connectivity index (χ3n) is 2.43. The van der Waals surface area contributed by atoms with Gasteiger partial charge in [0.1, 0.15) is 0 Å². The summed E-state index contributed by atoms with van der Waals surface area (Å²) in [7, 11) is 0. The fourth-order valence-electron chi connectivity index (χ4n) is 1.63. The first kappa shape index (κ1) is 14.8. The number of nitrogens with one attached hydrogen (secondary N) is 1. The van der Waals surface area contributed by atoms with E-state index < -0.39 is 0 Å². The third kappa shape index (κ3) is 3.87. The molecule has 2 aromatic carbocycles. The summed E-state index contributed by atoms with van der Waals surface area (Å²) in [6, 6.07) is 15.2. The molecule has 0 amide bonds. The van der Waals surface area contributed by atoms with Crippen molar-refractivity contribution < 1.29 is 17.1 Å². The van der Waals surface area contributed by atoms with Crippen LogP contribution >= 0.6 is 0 Å². The standard InChI is InChI=1S/C14H14N3O.ClH/c1-2-18-14-10-12(8-9-13(14)17-15)16-11-6-4-3-5-7-11;/h3-10,16H,2H2,1H3;1H/q+1;/p-1. The van der Waals surface area contributed by atoms with Crippen molar-refractivity contribution in [2.45, 2.75) is 6.92 Å². The number of diazo groups is 1. The molecule has 0 aliphatic carbocycles. The molecule has 0 unspecified atom stereocenters. The predicted octanol–water partition coefficient (Wildman–Crippen LogP) is 1.32. The van der Waals surface area contributed by atoms with E-state index in [1.54, 1.807) is 6.07 Å². The molecule has 0 aliphatic heterocycles. The van der Waals surface area contributed by atoms with Crippen LogP contribution in [0.25, 0.3) is 4.98 Å². The van der Waals surface area contributed by atoms with Gasteiger partial charge < -0.3 is 22.5 Å². The normalized spacial score (nSPS) is 9.05. The summed E-state index contributed by atoms with van der Waals surface area (Å²) in [6.45, 7) is 2.41. The Bertz CT molecular complexity index is 567. The number of halogens is 1. The quantitative estimate of drug-likeness (QED) is 0.856. The van der Waals surface area contributed by atoms with E-state index in [2.05, 4.69) is 10.3 Å². The minimum Gasteiger partial charge on any atom is -1.00 e. The number of hydrogen-bond acceptors (Lipinski definition) is 3. The third-order valence-corrected chi connectivity index (χ3v) is 2.43. The van der Waals surface area contributed by atoms with E-state index in [-0.39, 0.29) is 12.4 Å². The number of ether oxygens (including phenoxy) is 1. The van der Waals surface area contributed by atoms with E-state index in [1.807, 2.05) is 49.4 Å². The maximum absolute atomic E-state index is 8.85. The second-order valence-electron chi connectivity index (χ2n) is 3.71. The number of hydrogen-bond donors (Lipinski definition) is 1. The molecule has 0 saturated heterocycles. The van der Waals surface area contributed by atoms with Crippen molar-refractivity contribution in [2.24, 2.45) is 0 Å². The summed E-state index contributed by atoms with van der Waals surface area (Å²) < 4.78 is 5.41. The van der Waals surface area contributed by atoms with Gasteiger partial charge in [0.05, 0.1) is 6.61 Å². The highest BCUT2D eigenvalue weighted by Gasteiger charge is 2.15. The molecule has 19 heavy (non-hydrogen) atoms. The second kappa shape index (κ2) is 7.24. The molecule has 0 aliphatic rings. The fraction of sp³-hybridized carbons (Fsp3) is 0.143. The Morgan fingerprint density at radius 1 is 1.11 bits per heavy atom. The topological polar surface area (TPSA) is 49.4 Å². The second-order valence-corrected chi connectivity index (χ2v) is 3.71. The Balaban J connectivity index is 0.00000180. The van der Waals surface area contributed by atoms with Crippen LogP contribution < -0.4 is 22.5 Å². The average Bonchev–Trinajstić information content (AvgIpc) is 2.41. The lowest BCUT2D eigenvalue weighted by Gasteiger charge is -2.07. The van der Waals surface area contributed by atoms with Crippen LogP contribution in [0.1, 0.15) is 6.92 Å². The lowest BCUT2D eigenvalue weighted by molar-refractivity contribution is -0.00000438. The van der Waals surface area contributed by atoms with Gasteiger partial charge in [-0.05, 0) is 25.1 Å². The van der Waals surface area contributed by atoms with Gasteiger partial charge in [0.15, 0.2) is 4.98 Å². The molecule has 98 valence electrons. The van der Waals surface area contributed by atoms with Gasteiger partial charge in [0.2, 0.25) is 11.1 Å². The Morgan fingerprint density at radius 3 is 2.47 bits per heavy atom. The van der Waals surface area contributed by atoms with Crippen molar-refractivity contribution in [3.63, 3.8) is 0 Å². The van der Waals surface area contributed by atoms with Crippen LogP contribution in [0.2, 0.25) is 0 Å². The fourth-order valence-corrected chi connectivity index (χ4v) is 1.63. The number of anilines is 2. The van der Waals surface area contributed by atoms with Crippen LogP contribution in [-0.4, -0.2) is 6.61 Å². The van der Waals surface area contributed by atoms with Crippen molar-refractivity contribution in [2.75, 3.05) is 11.9 Å². The van der Waals surface area contributed by atoms with Crippen LogP contribution in [0, 0.1) is 5.39 Å². The lowest BCUT2D eigenvalue weighted by atomic mass is 10.2. The molecular formula is C14H14ClN3O. The van der Waals surface area contributed by atoms with Gasteiger partial charge in [0.25, 0.3) is 0 Å². The van der Waals surface area contributed by atoms with Crippen molar-refractivity contribution in [3.8, 4) is 5.75 Å². The van der Waals surface area contributed by atoms with E-state index >= 15 is 0 Å². The summed E-state index contributed by atoms with van der Waals surface area (Å²) in [4.78, 5) is 3.18. The summed E-state index contributed by atoms with van der Waals surface area (Å²) in [5, 5.41) is 12.1. The minimum absolute atomic E-state index is 0. The smallest absolute Gasteiger partial charge is 0.426 e. The summed E-state index contributed by atoms with van der Waals surface area (Å²) >= 11 is 0. The highest BCUT2D eigenvalue weighted by Crippen LogP contribution is 2.31. The molecule has 0 fully saturated rings. The van der Waals surface area contributed by atoms with Gasteiger partial charge in [-0.15, -0.1) is 0 Å². The summed E-state index contributed by atoms with van der Waals surface area (Å²) in [5.74, 6) is 0.556. The monoisotopic (exact) mass is 275 g/mol. The van der Waals surface area contributed by atoms with E-state index in [9.17, 15) is 0 Å². The molecule has 0 atom stereocenters. The van der Waals surface area contributed by atoms with Crippen LogP contribution in [0.5, 0.6) is 5.75 Å². The van der Waals surface area contributed by atoms with Crippen LogP contribution in [0.4, 0.5) is 17.1 Å². The van der Waals surface area contributed by atoms with Gasteiger partial charge in [0, 0.05) is 23.5 Å². The first-order chi connectivity index (χ1) is 8.83. The molecule has 0 bridgehead atoms. The number of rotatable bonds is 4. The van der Waals surface area contributed by atoms with Crippen LogP contribution in [0.3, 0.4) is 0 Å². The molecule has 0 saturated carbocycles. The van der Waals surface area contributed by atoms with E-state index in [0.29, 0.717) is 18.0 Å². The van der Waals surface area contributed by atoms with Crippen molar-refractivity contribution >= 4 is 17.1 Å². The highest BCUT2D eigenvalue weighted by molar-refractivity contribution is 5.68. The van der Waals surface area contributed by atoms with Crippen molar-refractivity contribution in [1.82, 2.24) is 0 Å². The first-order valence-electron chi connectivity index (χ1n) is 5.77.